The molecule has 2 N–H and O–H groups in total. The summed E-state index contributed by atoms with van der Waals surface area (Å²) in [4.78, 5) is 14.2. The van der Waals surface area contributed by atoms with E-state index in [2.05, 4.69) is 18.7 Å². The van der Waals surface area contributed by atoms with Crippen LogP contribution >= 0.6 is 0 Å². The van der Waals surface area contributed by atoms with Crippen LogP contribution in [0.15, 0.2) is 0 Å². The van der Waals surface area contributed by atoms with Crippen LogP contribution in [0.3, 0.4) is 0 Å². The Hall–Kier alpha value is -0.610. The first kappa shape index (κ1) is 17.4. The Bertz CT molecular complexity index is 312. The van der Waals surface area contributed by atoms with Crippen LogP contribution in [-0.2, 0) is 9.53 Å². The minimum Gasteiger partial charge on any atom is -0.465 e. The molecule has 1 aliphatic heterocycles. The van der Waals surface area contributed by atoms with Crippen molar-refractivity contribution in [1.82, 2.24) is 4.90 Å². The molecule has 1 saturated heterocycles. The fourth-order valence-electron chi connectivity index (χ4n) is 3.11. The standard InChI is InChI=1S/C16H32N2O2/c1-5-16(6-2)10-12-18(13-16)11-8-9-15(4,17)14(19)20-7-3/h5-13,17H2,1-4H3. The van der Waals surface area contributed by atoms with Gasteiger partial charge in [0, 0.05) is 6.54 Å². The fourth-order valence-corrected chi connectivity index (χ4v) is 3.11. The second-order valence-electron chi connectivity index (χ2n) is 6.47. The van der Waals surface area contributed by atoms with Crippen molar-refractivity contribution >= 4 is 5.97 Å². The average Bonchev–Trinajstić information content (AvgIpc) is 2.83. The summed E-state index contributed by atoms with van der Waals surface area (Å²) in [5.74, 6) is -0.280. The summed E-state index contributed by atoms with van der Waals surface area (Å²) in [5, 5.41) is 0. The Morgan fingerprint density at radius 3 is 2.50 bits per heavy atom. The minimum atomic E-state index is -0.845. The molecule has 1 aliphatic rings. The molecule has 0 amide bonds. The highest BCUT2D eigenvalue weighted by Gasteiger charge is 2.35. The van der Waals surface area contributed by atoms with E-state index < -0.39 is 5.54 Å². The number of likely N-dealkylation sites (tertiary alicyclic amines) is 1. The highest BCUT2D eigenvalue weighted by molar-refractivity contribution is 5.79. The lowest BCUT2D eigenvalue weighted by Crippen LogP contribution is -2.46. The minimum absolute atomic E-state index is 0.280. The van der Waals surface area contributed by atoms with E-state index in [4.69, 9.17) is 10.5 Å². The second-order valence-corrected chi connectivity index (χ2v) is 6.47. The number of carbonyl (C=O) groups is 1. The van der Waals surface area contributed by atoms with E-state index in [-0.39, 0.29) is 5.97 Å². The smallest absolute Gasteiger partial charge is 0.325 e. The third-order valence-corrected chi connectivity index (χ3v) is 4.93. The van der Waals surface area contributed by atoms with Crippen molar-refractivity contribution < 1.29 is 9.53 Å². The van der Waals surface area contributed by atoms with Gasteiger partial charge in [0.1, 0.15) is 5.54 Å². The average molecular weight is 284 g/mol. The second kappa shape index (κ2) is 7.41. The van der Waals surface area contributed by atoms with Crippen molar-refractivity contribution in [2.45, 2.75) is 65.3 Å². The maximum Gasteiger partial charge on any atom is 0.325 e. The number of esters is 1. The van der Waals surface area contributed by atoms with Crippen LogP contribution in [0.5, 0.6) is 0 Å². The maximum atomic E-state index is 11.7. The van der Waals surface area contributed by atoms with Gasteiger partial charge in [0.15, 0.2) is 0 Å². The lowest BCUT2D eigenvalue weighted by Gasteiger charge is -2.27. The topological polar surface area (TPSA) is 55.6 Å². The van der Waals surface area contributed by atoms with E-state index in [1.165, 1.54) is 32.4 Å². The summed E-state index contributed by atoms with van der Waals surface area (Å²) in [6.45, 7) is 12.0. The summed E-state index contributed by atoms with van der Waals surface area (Å²) in [6, 6.07) is 0. The molecule has 1 rings (SSSR count). The summed E-state index contributed by atoms with van der Waals surface area (Å²) in [7, 11) is 0. The van der Waals surface area contributed by atoms with Crippen molar-refractivity contribution in [2.24, 2.45) is 11.1 Å². The lowest BCUT2D eigenvalue weighted by molar-refractivity contribution is -0.149. The van der Waals surface area contributed by atoms with E-state index in [0.717, 1.165) is 13.0 Å². The molecule has 1 heterocycles. The molecule has 1 atom stereocenters. The molecule has 4 heteroatoms. The molecule has 1 fully saturated rings. The van der Waals surface area contributed by atoms with Gasteiger partial charge in [0.2, 0.25) is 0 Å². The van der Waals surface area contributed by atoms with Gasteiger partial charge in [-0.3, -0.25) is 4.79 Å². The Labute approximate surface area is 124 Å². The van der Waals surface area contributed by atoms with Crippen LogP contribution in [0.4, 0.5) is 0 Å². The third-order valence-electron chi connectivity index (χ3n) is 4.93. The van der Waals surface area contributed by atoms with Crippen molar-refractivity contribution in [2.75, 3.05) is 26.2 Å². The molecule has 118 valence electrons. The molecule has 0 aliphatic carbocycles. The molecule has 4 nitrogen and oxygen atoms in total. The van der Waals surface area contributed by atoms with Gasteiger partial charge in [-0.15, -0.1) is 0 Å². The Kier molecular flexibility index (Phi) is 6.46. The summed E-state index contributed by atoms with van der Waals surface area (Å²) in [5.41, 5.74) is 5.72. The summed E-state index contributed by atoms with van der Waals surface area (Å²) in [6.07, 6.45) is 5.47. The molecular formula is C16H32N2O2. The van der Waals surface area contributed by atoms with Crippen molar-refractivity contribution in [1.29, 1.82) is 0 Å². The van der Waals surface area contributed by atoms with Crippen LogP contribution in [0.1, 0.15) is 59.8 Å². The van der Waals surface area contributed by atoms with E-state index in [0.29, 0.717) is 18.4 Å². The number of carbonyl (C=O) groups excluding carboxylic acids is 1. The zero-order valence-electron chi connectivity index (χ0n) is 13.7. The maximum absolute atomic E-state index is 11.7. The normalized spacial score (nSPS) is 21.6. The third kappa shape index (κ3) is 4.45. The van der Waals surface area contributed by atoms with Crippen LogP contribution in [0.25, 0.3) is 0 Å². The highest BCUT2D eigenvalue weighted by Crippen LogP contribution is 2.36. The molecular weight excluding hydrogens is 252 g/mol. The van der Waals surface area contributed by atoms with Crippen LogP contribution in [-0.4, -0.2) is 42.6 Å². The van der Waals surface area contributed by atoms with Crippen LogP contribution in [0.2, 0.25) is 0 Å². The first-order chi connectivity index (χ1) is 9.39. The first-order valence-electron chi connectivity index (χ1n) is 8.07. The van der Waals surface area contributed by atoms with Crippen LogP contribution in [0, 0.1) is 5.41 Å². The number of hydrogen-bond acceptors (Lipinski definition) is 4. The van der Waals surface area contributed by atoms with E-state index in [1.54, 1.807) is 6.92 Å². The van der Waals surface area contributed by atoms with E-state index in [9.17, 15) is 4.79 Å². The molecule has 0 radical (unpaired) electrons. The van der Waals surface area contributed by atoms with E-state index in [1.807, 2.05) is 6.92 Å². The fraction of sp³-hybridized carbons (Fsp3) is 0.938. The SMILES string of the molecule is CCOC(=O)C(C)(N)CCCN1CCC(CC)(CC)C1. The highest BCUT2D eigenvalue weighted by atomic mass is 16.5. The number of hydrogen-bond donors (Lipinski definition) is 1. The zero-order valence-corrected chi connectivity index (χ0v) is 13.7. The molecule has 0 aromatic heterocycles. The van der Waals surface area contributed by atoms with Gasteiger partial charge < -0.3 is 15.4 Å². The van der Waals surface area contributed by atoms with Crippen molar-refractivity contribution in [3.05, 3.63) is 0 Å². The number of rotatable bonds is 8. The summed E-state index contributed by atoms with van der Waals surface area (Å²) < 4.78 is 5.02. The number of nitrogens with two attached hydrogens (primary N) is 1. The van der Waals surface area contributed by atoms with Gasteiger partial charge in [0.25, 0.3) is 0 Å². The lowest BCUT2D eigenvalue weighted by atomic mass is 9.82. The molecule has 0 bridgehead atoms. The zero-order chi connectivity index (χ0) is 15.2. The molecule has 20 heavy (non-hydrogen) atoms. The quantitative estimate of drug-likeness (QED) is 0.696. The predicted molar refractivity (Wildman–Crippen MR) is 82.5 cm³/mol. The van der Waals surface area contributed by atoms with Gasteiger partial charge in [-0.25, -0.2) is 0 Å². The van der Waals surface area contributed by atoms with Gasteiger partial charge in [-0.05, 0) is 64.5 Å². The van der Waals surface area contributed by atoms with Gasteiger partial charge >= 0.3 is 5.97 Å². The molecule has 1 unspecified atom stereocenters. The number of nitrogens with zero attached hydrogens (tertiary/aromatic N) is 1. The van der Waals surface area contributed by atoms with Crippen molar-refractivity contribution in [3.63, 3.8) is 0 Å². The monoisotopic (exact) mass is 284 g/mol. The van der Waals surface area contributed by atoms with Gasteiger partial charge in [0.05, 0.1) is 6.61 Å². The molecule has 0 aromatic rings. The van der Waals surface area contributed by atoms with Gasteiger partial charge in [-0.1, -0.05) is 13.8 Å². The van der Waals surface area contributed by atoms with Crippen LogP contribution < -0.4 is 5.73 Å². The summed E-state index contributed by atoms with van der Waals surface area (Å²) >= 11 is 0. The molecule has 0 spiro atoms. The van der Waals surface area contributed by atoms with Gasteiger partial charge in [-0.2, -0.15) is 0 Å². The largest absolute Gasteiger partial charge is 0.465 e. The molecule has 0 saturated carbocycles. The Morgan fingerprint density at radius 2 is 2.00 bits per heavy atom. The Balaban J connectivity index is 2.33. The first-order valence-corrected chi connectivity index (χ1v) is 8.07. The van der Waals surface area contributed by atoms with E-state index >= 15 is 0 Å². The van der Waals surface area contributed by atoms with Crippen molar-refractivity contribution in [3.8, 4) is 0 Å². The Morgan fingerprint density at radius 1 is 1.35 bits per heavy atom. The number of ether oxygens (including phenoxy) is 1. The predicted octanol–water partition coefficient (Wildman–Crippen LogP) is 2.56. The molecule has 0 aromatic carbocycles.